The lowest BCUT2D eigenvalue weighted by molar-refractivity contribution is -0.132. The number of nitrogens with zero attached hydrogens (tertiary/aromatic N) is 3. The van der Waals surface area contributed by atoms with Crippen molar-refractivity contribution in [2.75, 3.05) is 12.3 Å². The summed E-state index contributed by atoms with van der Waals surface area (Å²) in [5, 5.41) is 4.68. The van der Waals surface area contributed by atoms with E-state index in [-0.39, 0.29) is 12.5 Å². The molecule has 0 aliphatic rings. The summed E-state index contributed by atoms with van der Waals surface area (Å²) in [5.74, 6) is 0.391. The van der Waals surface area contributed by atoms with E-state index in [2.05, 4.69) is 5.10 Å². The highest BCUT2D eigenvalue weighted by Gasteiger charge is 2.14. The van der Waals surface area contributed by atoms with E-state index >= 15 is 0 Å². The maximum Gasteiger partial charge on any atom is 0.244 e. The summed E-state index contributed by atoms with van der Waals surface area (Å²) in [6.45, 7) is 3.22. The molecule has 2 N–H and O–H groups in total. The second kappa shape index (κ2) is 6.43. The van der Waals surface area contributed by atoms with Gasteiger partial charge in [-0.15, -0.1) is 0 Å². The summed E-state index contributed by atoms with van der Waals surface area (Å²) in [7, 11) is 0. The average molecular weight is 293 g/mol. The van der Waals surface area contributed by atoms with E-state index in [4.69, 9.17) is 17.3 Å². The minimum atomic E-state index is -0.0180. The zero-order chi connectivity index (χ0) is 14.5. The van der Waals surface area contributed by atoms with Crippen LogP contribution in [0.1, 0.15) is 12.5 Å². The van der Waals surface area contributed by atoms with E-state index in [0.717, 1.165) is 5.56 Å². The fraction of sp³-hybridized carbons (Fsp3) is 0.286. The van der Waals surface area contributed by atoms with Crippen LogP contribution in [0.25, 0.3) is 0 Å². The zero-order valence-electron chi connectivity index (χ0n) is 11.3. The summed E-state index contributed by atoms with van der Waals surface area (Å²) in [5.41, 5.74) is 6.47. The highest BCUT2D eigenvalue weighted by Crippen LogP contribution is 2.17. The Bertz CT molecular complexity index is 596. The van der Waals surface area contributed by atoms with Gasteiger partial charge in [0.15, 0.2) is 0 Å². The Labute approximate surface area is 122 Å². The van der Waals surface area contributed by atoms with Crippen molar-refractivity contribution in [1.29, 1.82) is 0 Å². The first-order valence-corrected chi connectivity index (χ1v) is 6.78. The van der Waals surface area contributed by atoms with Crippen molar-refractivity contribution in [3.8, 4) is 0 Å². The molecule has 20 heavy (non-hydrogen) atoms. The van der Waals surface area contributed by atoms with E-state index in [9.17, 15) is 4.79 Å². The van der Waals surface area contributed by atoms with Crippen LogP contribution in [-0.2, 0) is 17.9 Å². The van der Waals surface area contributed by atoms with Crippen LogP contribution in [0.3, 0.4) is 0 Å². The van der Waals surface area contributed by atoms with Crippen LogP contribution >= 0.6 is 11.6 Å². The summed E-state index contributed by atoms with van der Waals surface area (Å²) in [4.78, 5) is 14.0. The van der Waals surface area contributed by atoms with E-state index in [0.29, 0.717) is 23.9 Å². The second-order valence-electron chi connectivity index (χ2n) is 4.44. The molecule has 1 aromatic heterocycles. The number of rotatable bonds is 5. The number of nitrogens with two attached hydrogens (primary N) is 1. The summed E-state index contributed by atoms with van der Waals surface area (Å²) >= 11 is 6.12. The third-order valence-electron chi connectivity index (χ3n) is 3.01. The predicted molar refractivity (Wildman–Crippen MR) is 79.2 cm³/mol. The first-order valence-electron chi connectivity index (χ1n) is 6.40. The van der Waals surface area contributed by atoms with Gasteiger partial charge in [-0.3, -0.25) is 9.48 Å². The molecule has 2 aromatic rings. The van der Waals surface area contributed by atoms with E-state index in [1.54, 1.807) is 17.2 Å². The molecule has 0 fully saturated rings. The van der Waals surface area contributed by atoms with Gasteiger partial charge in [0.05, 0.1) is 0 Å². The SMILES string of the molecule is CCN(Cc1ccccc1Cl)C(=O)Cn1ccc(N)n1. The molecule has 106 valence electrons. The number of carbonyl (C=O) groups is 1. The topological polar surface area (TPSA) is 64.2 Å². The molecule has 0 unspecified atom stereocenters. The van der Waals surface area contributed by atoms with Crippen molar-refractivity contribution < 1.29 is 4.79 Å². The molecule has 1 aromatic carbocycles. The van der Waals surface area contributed by atoms with Crippen molar-refractivity contribution >= 4 is 23.3 Å². The second-order valence-corrected chi connectivity index (χ2v) is 4.84. The first-order chi connectivity index (χ1) is 9.60. The van der Waals surface area contributed by atoms with Crippen LogP contribution in [0.15, 0.2) is 36.5 Å². The number of aromatic nitrogens is 2. The lowest BCUT2D eigenvalue weighted by atomic mass is 10.2. The van der Waals surface area contributed by atoms with Gasteiger partial charge in [-0.1, -0.05) is 29.8 Å². The molecule has 0 spiro atoms. The van der Waals surface area contributed by atoms with Gasteiger partial charge in [-0.25, -0.2) is 0 Å². The highest BCUT2D eigenvalue weighted by atomic mass is 35.5. The lowest BCUT2D eigenvalue weighted by Gasteiger charge is -2.21. The fourth-order valence-electron chi connectivity index (χ4n) is 1.91. The Morgan fingerprint density at radius 2 is 2.15 bits per heavy atom. The first kappa shape index (κ1) is 14.4. The minimum absolute atomic E-state index is 0.0180. The minimum Gasteiger partial charge on any atom is -0.382 e. The van der Waals surface area contributed by atoms with Crippen LogP contribution in [-0.4, -0.2) is 27.1 Å². The summed E-state index contributed by atoms with van der Waals surface area (Å²) < 4.78 is 1.53. The molecule has 0 aliphatic carbocycles. The molecule has 0 radical (unpaired) electrons. The molecule has 5 nitrogen and oxygen atoms in total. The molecule has 0 saturated carbocycles. The van der Waals surface area contributed by atoms with Gasteiger partial charge < -0.3 is 10.6 Å². The molecule has 1 heterocycles. The molecule has 0 atom stereocenters. The van der Waals surface area contributed by atoms with Gasteiger partial charge in [0.2, 0.25) is 5.91 Å². The number of amides is 1. The molecule has 0 aliphatic heterocycles. The van der Waals surface area contributed by atoms with Crippen molar-refractivity contribution in [2.45, 2.75) is 20.0 Å². The molecular formula is C14H17ClN4O. The number of halogens is 1. The van der Waals surface area contributed by atoms with Crippen LogP contribution < -0.4 is 5.73 Å². The number of likely N-dealkylation sites (N-methyl/N-ethyl adjacent to an activating group) is 1. The summed E-state index contributed by atoms with van der Waals surface area (Å²) in [6.07, 6.45) is 1.69. The molecular weight excluding hydrogens is 276 g/mol. The Kier molecular flexibility index (Phi) is 4.63. The molecule has 1 amide bonds. The van der Waals surface area contributed by atoms with Gasteiger partial charge in [-0.2, -0.15) is 5.10 Å². The Morgan fingerprint density at radius 1 is 1.40 bits per heavy atom. The lowest BCUT2D eigenvalue weighted by Crippen LogP contribution is -2.33. The zero-order valence-corrected chi connectivity index (χ0v) is 12.0. The monoisotopic (exact) mass is 292 g/mol. The van der Waals surface area contributed by atoms with Crippen LogP contribution in [0, 0.1) is 0 Å². The van der Waals surface area contributed by atoms with Gasteiger partial charge >= 0.3 is 0 Å². The molecule has 6 heteroatoms. The van der Waals surface area contributed by atoms with Gasteiger partial charge in [0, 0.05) is 24.3 Å². The number of hydrogen-bond acceptors (Lipinski definition) is 3. The van der Waals surface area contributed by atoms with E-state index in [1.165, 1.54) is 4.68 Å². The highest BCUT2D eigenvalue weighted by molar-refractivity contribution is 6.31. The standard InChI is InChI=1S/C14H17ClN4O/c1-2-18(9-11-5-3-4-6-12(11)15)14(20)10-19-8-7-13(16)17-19/h3-8H,2,9-10H2,1H3,(H2,16,17). The third-order valence-corrected chi connectivity index (χ3v) is 3.38. The number of carbonyl (C=O) groups excluding carboxylic acids is 1. The normalized spacial score (nSPS) is 10.5. The van der Waals surface area contributed by atoms with Gasteiger partial charge in [0.1, 0.15) is 12.4 Å². The third kappa shape index (κ3) is 3.51. The average Bonchev–Trinajstić information content (AvgIpc) is 2.83. The van der Waals surface area contributed by atoms with Crippen molar-refractivity contribution in [1.82, 2.24) is 14.7 Å². The van der Waals surface area contributed by atoms with Gasteiger partial charge in [-0.05, 0) is 24.6 Å². The smallest absolute Gasteiger partial charge is 0.244 e. The number of hydrogen-bond donors (Lipinski definition) is 1. The quantitative estimate of drug-likeness (QED) is 0.918. The van der Waals surface area contributed by atoms with Crippen molar-refractivity contribution in [2.24, 2.45) is 0 Å². The van der Waals surface area contributed by atoms with Crippen molar-refractivity contribution in [3.63, 3.8) is 0 Å². The van der Waals surface area contributed by atoms with E-state index < -0.39 is 0 Å². The fourth-order valence-corrected chi connectivity index (χ4v) is 2.11. The molecule has 2 rings (SSSR count). The Balaban J connectivity index is 2.04. The maximum absolute atomic E-state index is 12.2. The number of benzene rings is 1. The van der Waals surface area contributed by atoms with E-state index in [1.807, 2.05) is 31.2 Å². The van der Waals surface area contributed by atoms with Gasteiger partial charge in [0.25, 0.3) is 0 Å². The number of anilines is 1. The van der Waals surface area contributed by atoms with Crippen LogP contribution in [0.2, 0.25) is 5.02 Å². The molecule has 0 bridgehead atoms. The van der Waals surface area contributed by atoms with Crippen LogP contribution in [0.5, 0.6) is 0 Å². The summed E-state index contributed by atoms with van der Waals surface area (Å²) in [6, 6.07) is 9.19. The Hall–Kier alpha value is -2.01. The maximum atomic E-state index is 12.2. The Morgan fingerprint density at radius 3 is 2.75 bits per heavy atom. The number of nitrogen functional groups attached to an aromatic ring is 1. The van der Waals surface area contributed by atoms with Crippen molar-refractivity contribution in [3.05, 3.63) is 47.1 Å². The van der Waals surface area contributed by atoms with Crippen LogP contribution in [0.4, 0.5) is 5.82 Å². The largest absolute Gasteiger partial charge is 0.382 e. The molecule has 0 saturated heterocycles. The predicted octanol–water partition coefficient (Wildman–Crippen LogP) is 2.17.